The minimum atomic E-state index is -0.862. The van der Waals surface area contributed by atoms with Crippen LogP contribution >= 0.6 is 11.6 Å². The van der Waals surface area contributed by atoms with Gasteiger partial charge in [-0.15, -0.1) is 0 Å². The molecular formula is C15H15ClFNO. The SMILES string of the molecule is NCC(c1cccc(Cl)c1F)C(O)c1ccccc1. The molecule has 0 aliphatic carbocycles. The van der Waals surface area contributed by atoms with Gasteiger partial charge in [-0.25, -0.2) is 4.39 Å². The van der Waals surface area contributed by atoms with Crippen LogP contribution in [0.15, 0.2) is 48.5 Å². The molecule has 0 fully saturated rings. The van der Waals surface area contributed by atoms with Crippen LogP contribution < -0.4 is 5.73 Å². The molecule has 2 aromatic carbocycles. The largest absolute Gasteiger partial charge is 0.388 e. The van der Waals surface area contributed by atoms with E-state index in [1.165, 1.54) is 6.07 Å². The zero-order valence-electron chi connectivity index (χ0n) is 10.3. The summed E-state index contributed by atoms with van der Waals surface area (Å²) in [5.41, 5.74) is 6.74. The van der Waals surface area contributed by atoms with Gasteiger partial charge < -0.3 is 10.8 Å². The first-order chi connectivity index (χ1) is 9.15. The molecule has 2 nitrogen and oxygen atoms in total. The van der Waals surface area contributed by atoms with Crippen molar-refractivity contribution in [3.05, 3.63) is 70.5 Å². The molecule has 0 radical (unpaired) electrons. The second kappa shape index (κ2) is 6.15. The maximum absolute atomic E-state index is 14.0. The van der Waals surface area contributed by atoms with Crippen LogP contribution in [0.1, 0.15) is 23.1 Å². The molecule has 0 saturated heterocycles. The lowest BCUT2D eigenvalue weighted by Gasteiger charge is -2.23. The average Bonchev–Trinajstić information content (AvgIpc) is 2.45. The highest BCUT2D eigenvalue weighted by atomic mass is 35.5. The quantitative estimate of drug-likeness (QED) is 0.902. The highest BCUT2D eigenvalue weighted by molar-refractivity contribution is 6.30. The van der Waals surface area contributed by atoms with E-state index in [9.17, 15) is 9.50 Å². The summed E-state index contributed by atoms with van der Waals surface area (Å²) in [5.74, 6) is -1.05. The Morgan fingerprint density at radius 1 is 1.11 bits per heavy atom. The zero-order chi connectivity index (χ0) is 13.8. The first kappa shape index (κ1) is 14.0. The second-order valence-electron chi connectivity index (χ2n) is 4.34. The number of nitrogens with two attached hydrogens (primary N) is 1. The maximum atomic E-state index is 14.0. The fraction of sp³-hybridized carbons (Fsp3) is 0.200. The number of benzene rings is 2. The third-order valence-electron chi connectivity index (χ3n) is 3.16. The van der Waals surface area contributed by atoms with E-state index >= 15 is 0 Å². The molecule has 0 aliphatic heterocycles. The van der Waals surface area contributed by atoms with Crippen molar-refractivity contribution in [2.24, 2.45) is 5.73 Å². The smallest absolute Gasteiger partial charge is 0.145 e. The third-order valence-corrected chi connectivity index (χ3v) is 3.45. The summed E-state index contributed by atoms with van der Waals surface area (Å²) < 4.78 is 14.0. The van der Waals surface area contributed by atoms with Gasteiger partial charge >= 0.3 is 0 Å². The molecule has 0 spiro atoms. The van der Waals surface area contributed by atoms with E-state index in [0.29, 0.717) is 11.1 Å². The van der Waals surface area contributed by atoms with E-state index in [1.807, 2.05) is 18.2 Å². The summed E-state index contributed by atoms with van der Waals surface area (Å²) in [6.45, 7) is 0.132. The lowest BCUT2D eigenvalue weighted by molar-refractivity contribution is 0.145. The zero-order valence-corrected chi connectivity index (χ0v) is 11.0. The highest BCUT2D eigenvalue weighted by Crippen LogP contribution is 2.33. The number of halogens is 2. The van der Waals surface area contributed by atoms with Crippen LogP contribution in [0.5, 0.6) is 0 Å². The van der Waals surface area contributed by atoms with Gasteiger partial charge in [0.25, 0.3) is 0 Å². The van der Waals surface area contributed by atoms with Gasteiger partial charge in [-0.05, 0) is 17.2 Å². The molecule has 0 bridgehead atoms. The minimum absolute atomic E-state index is 0.0382. The van der Waals surface area contributed by atoms with Crippen LogP contribution in [0.2, 0.25) is 5.02 Å². The molecule has 2 atom stereocenters. The molecule has 0 saturated carbocycles. The number of hydrogen-bond acceptors (Lipinski definition) is 2. The Hall–Kier alpha value is -1.42. The summed E-state index contributed by atoms with van der Waals surface area (Å²) >= 11 is 5.77. The molecule has 2 unspecified atom stereocenters. The van der Waals surface area contributed by atoms with Crippen LogP contribution in [0.25, 0.3) is 0 Å². The predicted molar refractivity (Wildman–Crippen MR) is 74.6 cm³/mol. The van der Waals surface area contributed by atoms with Crippen LogP contribution in [0.4, 0.5) is 4.39 Å². The fourth-order valence-electron chi connectivity index (χ4n) is 2.12. The van der Waals surface area contributed by atoms with Gasteiger partial charge in [0.15, 0.2) is 0 Å². The number of hydrogen-bond donors (Lipinski definition) is 2. The Labute approximate surface area is 116 Å². The van der Waals surface area contributed by atoms with Crippen molar-refractivity contribution in [1.82, 2.24) is 0 Å². The van der Waals surface area contributed by atoms with Crippen LogP contribution in [-0.2, 0) is 0 Å². The van der Waals surface area contributed by atoms with E-state index < -0.39 is 17.8 Å². The molecule has 0 aromatic heterocycles. The van der Waals surface area contributed by atoms with Crippen molar-refractivity contribution in [3.63, 3.8) is 0 Å². The van der Waals surface area contributed by atoms with E-state index in [-0.39, 0.29) is 11.6 Å². The summed E-state index contributed by atoms with van der Waals surface area (Å²) in [7, 11) is 0. The van der Waals surface area contributed by atoms with E-state index in [4.69, 9.17) is 17.3 Å². The monoisotopic (exact) mass is 279 g/mol. The summed E-state index contributed by atoms with van der Waals surface area (Å²) in [4.78, 5) is 0. The maximum Gasteiger partial charge on any atom is 0.145 e. The third kappa shape index (κ3) is 2.95. The van der Waals surface area contributed by atoms with Crippen molar-refractivity contribution in [2.75, 3.05) is 6.54 Å². The van der Waals surface area contributed by atoms with E-state index in [2.05, 4.69) is 0 Å². The van der Waals surface area contributed by atoms with Crippen molar-refractivity contribution in [1.29, 1.82) is 0 Å². The fourth-order valence-corrected chi connectivity index (χ4v) is 2.30. The summed E-state index contributed by atoms with van der Waals surface area (Å²) in [6.07, 6.45) is -0.862. The topological polar surface area (TPSA) is 46.2 Å². The highest BCUT2D eigenvalue weighted by Gasteiger charge is 2.24. The molecule has 4 heteroatoms. The van der Waals surface area contributed by atoms with Gasteiger partial charge in [-0.2, -0.15) is 0 Å². The first-order valence-corrected chi connectivity index (χ1v) is 6.40. The number of rotatable bonds is 4. The van der Waals surface area contributed by atoms with Gasteiger partial charge in [-0.1, -0.05) is 54.1 Å². The average molecular weight is 280 g/mol. The molecule has 0 heterocycles. The molecule has 0 aliphatic rings. The molecule has 100 valence electrons. The van der Waals surface area contributed by atoms with Crippen molar-refractivity contribution >= 4 is 11.6 Å². The lowest BCUT2D eigenvalue weighted by atomic mass is 9.89. The molecule has 2 aromatic rings. The molecule has 0 amide bonds. The van der Waals surface area contributed by atoms with E-state index in [1.54, 1.807) is 24.3 Å². The molecular weight excluding hydrogens is 265 g/mol. The Bertz CT molecular complexity index is 547. The van der Waals surface area contributed by atoms with Crippen molar-refractivity contribution < 1.29 is 9.50 Å². The Morgan fingerprint density at radius 3 is 2.42 bits per heavy atom. The first-order valence-electron chi connectivity index (χ1n) is 6.02. The van der Waals surface area contributed by atoms with Crippen molar-refractivity contribution in [2.45, 2.75) is 12.0 Å². The van der Waals surface area contributed by atoms with E-state index in [0.717, 1.165) is 0 Å². The minimum Gasteiger partial charge on any atom is -0.388 e. The van der Waals surface area contributed by atoms with Gasteiger partial charge in [-0.3, -0.25) is 0 Å². The Kier molecular flexibility index (Phi) is 4.53. The second-order valence-corrected chi connectivity index (χ2v) is 4.75. The predicted octanol–water partition coefficient (Wildman–Crippen LogP) is 3.26. The van der Waals surface area contributed by atoms with Gasteiger partial charge in [0, 0.05) is 12.5 Å². The van der Waals surface area contributed by atoms with Gasteiger partial charge in [0.2, 0.25) is 0 Å². The van der Waals surface area contributed by atoms with Crippen molar-refractivity contribution in [3.8, 4) is 0 Å². The number of aliphatic hydroxyl groups is 1. The Morgan fingerprint density at radius 2 is 1.79 bits per heavy atom. The molecule has 3 N–H and O–H groups in total. The van der Waals surface area contributed by atoms with Crippen LogP contribution in [0.3, 0.4) is 0 Å². The molecule has 2 rings (SSSR count). The van der Waals surface area contributed by atoms with Gasteiger partial charge in [0.1, 0.15) is 5.82 Å². The van der Waals surface area contributed by atoms with Crippen LogP contribution in [0, 0.1) is 5.82 Å². The summed E-state index contributed by atoms with van der Waals surface area (Å²) in [6, 6.07) is 13.8. The number of aliphatic hydroxyl groups excluding tert-OH is 1. The van der Waals surface area contributed by atoms with Crippen LogP contribution in [-0.4, -0.2) is 11.7 Å². The lowest BCUT2D eigenvalue weighted by Crippen LogP contribution is -2.21. The normalized spacial score (nSPS) is 14.1. The Balaban J connectivity index is 2.37. The summed E-state index contributed by atoms with van der Waals surface area (Å²) in [5, 5.41) is 10.4. The standard InChI is InChI=1S/C15H15ClFNO/c16-13-8-4-7-11(14(13)17)12(9-18)15(19)10-5-2-1-3-6-10/h1-8,12,15,19H,9,18H2. The van der Waals surface area contributed by atoms with Gasteiger partial charge in [0.05, 0.1) is 11.1 Å². The molecule has 19 heavy (non-hydrogen) atoms.